The summed E-state index contributed by atoms with van der Waals surface area (Å²) in [5, 5.41) is 6.06. The molecule has 0 aliphatic heterocycles. The molecule has 1 amide bonds. The molecular weight excluding hydrogens is 312 g/mol. The van der Waals surface area contributed by atoms with Gasteiger partial charge in [-0.15, -0.1) is 0 Å². The van der Waals surface area contributed by atoms with Crippen molar-refractivity contribution in [3.63, 3.8) is 0 Å². The number of carbonyl (C=O) groups is 1. The molecule has 3 rings (SSSR count). The van der Waals surface area contributed by atoms with Crippen molar-refractivity contribution in [3.05, 3.63) is 89.4 Å². The molecule has 0 fully saturated rings. The maximum absolute atomic E-state index is 12.2. The molecule has 2 aromatic carbocycles. The van der Waals surface area contributed by atoms with Gasteiger partial charge in [-0.05, 0) is 23.6 Å². The van der Waals surface area contributed by atoms with Gasteiger partial charge < -0.3 is 10.6 Å². The van der Waals surface area contributed by atoms with Crippen LogP contribution in [0.2, 0.25) is 0 Å². The molecule has 0 atom stereocenters. The minimum atomic E-state index is -0.231. The van der Waals surface area contributed by atoms with Crippen LogP contribution in [0.4, 0.5) is 5.82 Å². The molecule has 0 aliphatic rings. The summed E-state index contributed by atoms with van der Waals surface area (Å²) in [6.45, 7) is 3.16. The van der Waals surface area contributed by atoms with Crippen LogP contribution < -0.4 is 10.6 Å². The van der Waals surface area contributed by atoms with Gasteiger partial charge >= 0.3 is 0 Å². The standard InChI is InChI=1S/C20H20N4O/c1-15-7-5-6-10-17(15)12-24-20(25)18-13-23-19(14-21-18)22-11-16-8-3-2-4-9-16/h2-10,13-14H,11-12H2,1H3,(H,22,23)(H,24,25). The molecule has 5 nitrogen and oxygen atoms in total. The zero-order chi connectivity index (χ0) is 17.5. The highest BCUT2D eigenvalue weighted by molar-refractivity contribution is 5.91. The lowest BCUT2D eigenvalue weighted by Crippen LogP contribution is -2.24. The summed E-state index contributed by atoms with van der Waals surface area (Å²) in [6.07, 6.45) is 3.06. The average molecular weight is 332 g/mol. The highest BCUT2D eigenvalue weighted by Gasteiger charge is 2.08. The van der Waals surface area contributed by atoms with Crippen LogP contribution in [0.1, 0.15) is 27.2 Å². The van der Waals surface area contributed by atoms with Crippen molar-refractivity contribution in [3.8, 4) is 0 Å². The van der Waals surface area contributed by atoms with E-state index in [9.17, 15) is 4.79 Å². The summed E-state index contributed by atoms with van der Waals surface area (Å²) in [6, 6.07) is 18.0. The predicted octanol–water partition coefficient (Wildman–Crippen LogP) is 3.33. The Morgan fingerprint density at radius 2 is 1.68 bits per heavy atom. The smallest absolute Gasteiger partial charge is 0.271 e. The number of nitrogens with one attached hydrogen (secondary N) is 2. The summed E-state index contributed by atoms with van der Waals surface area (Å²) in [5.74, 6) is 0.407. The van der Waals surface area contributed by atoms with Crippen LogP contribution in [0.3, 0.4) is 0 Å². The Balaban J connectivity index is 1.54. The van der Waals surface area contributed by atoms with Gasteiger partial charge in [0.1, 0.15) is 11.5 Å². The van der Waals surface area contributed by atoms with E-state index in [1.54, 1.807) is 6.20 Å². The normalized spacial score (nSPS) is 10.3. The fourth-order valence-corrected chi connectivity index (χ4v) is 2.40. The number of rotatable bonds is 6. The van der Waals surface area contributed by atoms with Gasteiger partial charge in [0.25, 0.3) is 5.91 Å². The van der Waals surface area contributed by atoms with Crippen molar-refractivity contribution >= 4 is 11.7 Å². The number of aromatic nitrogens is 2. The Morgan fingerprint density at radius 1 is 0.920 bits per heavy atom. The number of benzene rings is 2. The minimum Gasteiger partial charge on any atom is -0.365 e. The van der Waals surface area contributed by atoms with Crippen LogP contribution >= 0.6 is 0 Å². The number of hydrogen-bond donors (Lipinski definition) is 2. The molecule has 0 saturated heterocycles. The second-order valence-electron chi connectivity index (χ2n) is 5.74. The molecule has 1 aromatic heterocycles. The third-order valence-electron chi connectivity index (χ3n) is 3.90. The fourth-order valence-electron chi connectivity index (χ4n) is 2.40. The molecule has 25 heavy (non-hydrogen) atoms. The first-order valence-electron chi connectivity index (χ1n) is 8.15. The molecule has 126 valence electrons. The Morgan fingerprint density at radius 3 is 2.40 bits per heavy atom. The average Bonchev–Trinajstić information content (AvgIpc) is 2.67. The molecule has 2 N–H and O–H groups in total. The molecular formula is C20H20N4O. The Labute approximate surface area is 147 Å². The molecule has 0 radical (unpaired) electrons. The predicted molar refractivity (Wildman–Crippen MR) is 98.1 cm³/mol. The largest absolute Gasteiger partial charge is 0.365 e. The van der Waals surface area contributed by atoms with Crippen molar-refractivity contribution < 1.29 is 4.79 Å². The van der Waals surface area contributed by atoms with Crippen LogP contribution in [0.25, 0.3) is 0 Å². The maximum atomic E-state index is 12.2. The lowest BCUT2D eigenvalue weighted by Gasteiger charge is -2.08. The van der Waals surface area contributed by atoms with E-state index in [0.717, 1.165) is 16.7 Å². The first-order valence-corrected chi connectivity index (χ1v) is 8.15. The van der Waals surface area contributed by atoms with E-state index in [1.165, 1.54) is 6.20 Å². The zero-order valence-electron chi connectivity index (χ0n) is 14.1. The quantitative estimate of drug-likeness (QED) is 0.726. The topological polar surface area (TPSA) is 66.9 Å². The lowest BCUT2D eigenvalue weighted by atomic mass is 10.1. The molecule has 3 aromatic rings. The molecule has 5 heteroatoms. The molecule has 0 bridgehead atoms. The van der Waals surface area contributed by atoms with Crippen LogP contribution in [-0.4, -0.2) is 15.9 Å². The fraction of sp³-hybridized carbons (Fsp3) is 0.150. The summed E-state index contributed by atoms with van der Waals surface area (Å²) in [4.78, 5) is 20.6. The summed E-state index contributed by atoms with van der Waals surface area (Å²) in [5.41, 5.74) is 3.70. The number of aryl methyl sites for hydroxylation is 1. The van der Waals surface area contributed by atoms with Crippen molar-refractivity contribution in [2.75, 3.05) is 5.32 Å². The van der Waals surface area contributed by atoms with Crippen molar-refractivity contribution in [2.45, 2.75) is 20.0 Å². The third kappa shape index (κ3) is 4.64. The Kier molecular flexibility index (Phi) is 5.36. The zero-order valence-corrected chi connectivity index (χ0v) is 14.1. The van der Waals surface area contributed by atoms with Gasteiger partial charge in [0.2, 0.25) is 0 Å². The minimum absolute atomic E-state index is 0.231. The van der Waals surface area contributed by atoms with E-state index in [0.29, 0.717) is 24.6 Å². The highest BCUT2D eigenvalue weighted by atomic mass is 16.1. The maximum Gasteiger partial charge on any atom is 0.271 e. The van der Waals surface area contributed by atoms with Crippen molar-refractivity contribution in [1.29, 1.82) is 0 Å². The second kappa shape index (κ2) is 8.06. The van der Waals surface area contributed by atoms with E-state index in [4.69, 9.17) is 0 Å². The lowest BCUT2D eigenvalue weighted by molar-refractivity contribution is 0.0945. The molecule has 0 spiro atoms. The van der Waals surface area contributed by atoms with Crippen LogP contribution in [0.5, 0.6) is 0 Å². The molecule has 0 saturated carbocycles. The van der Waals surface area contributed by atoms with Crippen molar-refractivity contribution in [1.82, 2.24) is 15.3 Å². The van der Waals surface area contributed by atoms with E-state index in [-0.39, 0.29) is 5.91 Å². The van der Waals surface area contributed by atoms with Gasteiger partial charge in [-0.1, -0.05) is 54.6 Å². The van der Waals surface area contributed by atoms with Crippen molar-refractivity contribution in [2.24, 2.45) is 0 Å². The number of nitrogens with zero attached hydrogens (tertiary/aromatic N) is 2. The molecule has 0 unspecified atom stereocenters. The first-order chi connectivity index (χ1) is 12.2. The number of anilines is 1. The van der Waals surface area contributed by atoms with E-state index < -0.39 is 0 Å². The summed E-state index contributed by atoms with van der Waals surface area (Å²) >= 11 is 0. The van der Waals surface area contributed by atoms with Gasteiger partial charge in [0.05, 0.1) is 12.4 Å². The Hall–Kier alpha value is -3.21. The number of hydrogen-bond acceptors (Lipinski definition) is 4. The third-order valence-corrected chi connectivity index (χ3v) is 3.90. The van der Waals surface area contributed by atoms with Crippen LogP contribution in [0.15, 0.2) is 67.0 Å². The monoisotopic (exact) mass is 332 g/mol. The van der Waals surface area contributed by atoms with Gasteiger partial charge in [-0.2, -0.15) is 0 Å². The van der Waals surface area contributed by atoms with Gasteiger partial charge in [-0.3, -0.25) is 4.79 Å². The SMILES string of the molecule is Cc1ccccc1CNC(=O)c1cnc(NCc2ccccc2)cn1. The Bertz CT molecular complexity index is 832. The highest BCUT2D eigenvalue weighted by Crippen LogP contribution is 2.08. The van der Waals surface area contributed by atoms with E-state index >= 15 is 0 Å². The van der Waals surface area contributed by atoms with Crippen LogP contribution in [0, 0.1) is 6.92 Å². The molecule has 0 aliphatic carbocycles. The van der Waals surface area contributed by atoms with Gasteiger partial charge in [-0.25, -0.2) is 9.97 Å². The first kappa shape index (κ1) is 16.6. The van der Waals surface area contributed by atoms with E-state index in [2.05, 4.69) is 20.6 Å². The van der Waals surface area contributed by atoms with Gasteiger partial charge in [0.15, 0.2) is 0 Å². The van der Waals surface area contributed by atoms with Crippen LogP contribution in [-0.2, 0) is 13.1 Å². The number of amides is 1. The van der Waals surface area contributed by atoms with E-state index in [1.807, 2.05) is 61.5 Å². The summed E-state index contributed by atoms with van der Waals surface area (Å²) in [7, 11) is 0. The number of carbonyl (C=O) groups excluding carboxylic acids is 1. The summed E-state index contributed by atoms with van der Waals surface area (Å²) < 4.78 is 0. The van der Waals surface area contributed by atoms with Gasteiger partial charge in [0, 0.05) is 13.1 Å². The second-order valence-corrected chi connectivity index (χ2v) is 5.74. The molecule has 1 heterocycles.